The van der Waals surface area contributed by atoms with Gasteiger partial charge in [-0.2, -0.15) is 0 Å². The van der Waals surface area contributed by atoms with Crippen LogP contribution in [0, 0.1) is 0 Å². The zero-order valence-corrected chi connectivity index (χ0v) is 12.7. The van der Waals surface area contributed by atoms with Gasteiger partial charge in [0.1, 0.15) is 11.3 Å². The Balaban J connectivity index is 2.31. The molecule has 0 aliphatic carbocycles. The second-order valence-electron chi connectivity index (χ2n) is 5.16. The molecule has 2 rings (SSSR count). The van der Waals surface area contributed by atoms with Crippen LogP contribution >= 0.6 is 11.6 Å². The van der Waals surface area contributed by atoms with Crippen LogP contribution in [-0.4, -0.2) is 39.1 Å². The van der Waals surface area contributed by atoms with E-state index in [1.54, 1.807) is 6.20 Å². The minimum atomic E-state index is -0.112. The molecule has 0 N–H and O–H groups in total. The number of alkyl halides is 1. The molecule has 0 saturated heterocycles. The Morgan fingerprint density at radius 3 is 2.74 bits per heavy atom. The average molecular weight is 281 g/mol. The smallest absolute Gasteiger partial charge is 0.160 e. The van der Waals surface area contributed by atoms with E-state index in [1.807, 2.05) is 19.1 Å². The molecule has 0 aromatic carbocycles. The summed E-state index contributed by atoms with van der Waals surface area (Å²) in [6.45, 7) is 8.14. The lowest BCUT2D eigenvalue weighted by atomic mass is 10.3. The molecule has 0 aliphatic rings. The van der Waals surface area contributed by atoms with E-state index in [0.717, 1.165) is 30.1 Å². The summed E-state index contributed by atoms with van der Waals surface area (Å²) >= 11 is 6.23. The van der Waals surface area contributed by atoms with Crippen molar-refractivity contribution in [3.63, 3.8) is 0 Å². The molecule has 0 radical (unpaired) electrons. The highest BCUT2D eigenvalue weighted by Crippen LogP contribution is 2.23. The molecule has 1 unspecified atom stereocenters. The Bertz CT molecular complexity index is 547. The van der Waals surface area contributed by atoms with Gasteiger partial charge in [-0.1, -0.05) is 0 Å². The van der Waals surface area contributed by atoms with Gasteiger partial charge >= 0.3 is 0 Å². The highest BCUT2D eigenvalue weighted by Gasteiger charge is 2.16. The van der Waals surface area contributed by atoms with Gasteiger partial charge < -0.3 is 9.47 Å². The van der Waals surface area contributed by atoms with Gasteiger partial charge in [0.2, 0.25) is 0 Å². The second-order valence-corrected chi connectivity index (χ2v) is 5.81. The first-order chi connectivity index (χ1) is 9.00. The number of halogens is 1. The van der Waals surface area contributed by atoms with Crippen LogP contribution in [0.15, 0.2) is 18.3 Å². The summed E-state index contributed by atoms with van der Waals surface area (Å²) in [7, 11) is 2.13. The van der Waals surface area contributed by atoms with E-state index in [2.05, 4.69) is 40.3 Å². The molecule has 2 aromatic rings. The average Bonchev–Trinajstić information content (AvgIpc) is 2.74. The van der Waals surface area contributed by atoms with Crippen molar-refractivity contribution < 1.29 is 0 Å². The molecule has 0 spiro atoms. The fraction of sp³-hybridized carbons (Fsp3) is 0.571. The topological polar surface area (TPSA) is 34.0 Å². The number of pyridine rings is 1. The lowest BCUT2D eigenvalue weighted by Gasteiger charge is -2.21. The molecule has 19 heavy (non-hydrogen) atoms. The molecule has 4 nitrogen and oxygen atoms in total. The van der Waals surface area contributed by atoms with E-state index >= 15 is 0 Å². The monoisotopic (exact) mass is 280 g/mol. The molecule has 0 fully saturated rings. The van der Waals surface area contributed by atoms with Crippen molar-refractivity contribution in [2.45, 2.75) is 38.7 Å². The maximum absolute atomic E-state index is 6.23. The van der Waals surface area contributed by atoms with Crippen molar-refractivity contribution in [2.75, 3.05) is 13.6 Å². The van der Waals surface area contributed by atoms with Crippen LogP contribution in [0.3, 0.4) is 0 Å². The zero-order valence-electron chi connectivity index (χ0n) is 12.0. The number of aromatic nitrogens is 3. The van der Waals surface area contributed by atoms with Gasteiger partial charge in [-0.05, 0) is 40.0 Å². The van der Waals surface area contributed by atoms with Crippen molar-refractivity contribution in [2.24, 2.45) is 0 Å². The van der Waals surface area contributed by atoms with Crippen molar-refractivity contribution >= 4 is 22.8 Å². The van der Waals surface area contributed by atoms with Gasteiger partial charge in [0, 0.05) is 25.3 Å². The Hall–Kier alpha value is -1.13. The number of fused-ring (bicyclic) bond motifs is 1. The number of likely N-dealkylation sites (N-methyl/N-ethyl adjacent to an activating group) is 1. The minimum Gasteiger partial charge on any atom is -0.310 e. The Morgan fingerprint density at radius 1 is 1.37 bits per heavy atom. The van der Waals surface area contributed by atoms with Gasteiger partial charge in [-0.25, -0.2) is 9.97 Å². The van der Waals surface area contributed by atoms with Crippen LogP contribution in [0.25, 0.3) is 11.2 Å². The number of rotatable bonds is 5. The summed E-state index contributed by atoms with van der Waals surface area (Å²) < 4.78 is 2.13. The van der Waals surface area contributed by atoms with Gasteiger partial charge in [-0.15, -0.1) is 11.6 Å². The fourth-order valence-electron chi connectivity index (χ4n) is 2.02. The Morgan fingerprint density at radius 2 is 2.11 bits per heavy atom. The molecular formula is C14H21ClN4. The third kappa shape index (κ3) is 3.07. The molecule has 0 bridgehead atoms. The van der Waals surface area contributed by atoms with Crippen LogP contribution in [0.5, 0.6) is 0 Å². The predicted octanol–water partition coefficient (Wildman–Crippen LogP) is 3.07. The van der Waals surface area contributed by atoms with Crippen molar-refractivity contribution in [1.29, 1.82) is 0 Å². The standard InChI is InChI=1S/C14H21ClN4/c1-10(2)18(4)8-9-19-13(11(3)15)17-12-6-5-7-16-14(12)19/h5-7,10-11H,8-9H2,1-4H3. The summed E-state index contributed by atoms with van der Waals surface area (Å²) in [5.41, 5.74) is 1.83. The second kappa shape index (κ2) is 5.88. The normalized spacial score (nSPS) is 13.6. The van der Waals surface area contributed by atoms with Gasteiger partial charge in [0.25, 0.3) is 0 Å². The van der Waals surface area contributed by atoms with Crippen LogP contribution in [-0.2, 0) is 6.54 Å². The third-order valence-electron chi connectivity index (χ3n) is 3.45. The van der Waals surface area contributed by atoms with E-state index in [0.29, 0.717) is 6.04 Å². The quantitative estimate of drug-likeness (QED) is 0.790. The van der Waals surface area contributed by atoms with Crippen LogP contribution in [0.2, 0.25) is 0 Å². The van der Waals surface area contributed by atoms with Gasteiger partial charge in [0.05, 0.1) is 5.38 Å². The highest BCUT2D eigenvalue weighted by atomic mass is 35.5. The summed E-state index contributed by atoms with van der Waals surface area (Å²) in [4.78, 5) is 11.3. The molecular weight excluding hydrogens is 260 g/mol. The van der Waals surface area contributed by atoms with E-state index in [4.69, 9.17) is 11.6 Å². The lowest BCUT2D eigenvalue weighted by Crippen LogP contribution is -2.30. The summed E-state index contributed by atoms with van der Waals surface area (Å²) in [6.07, 6.45) is 1.80. The third-order valence-corrected chi connectivity index (χ3v) is 3.64. The molecule has 2 aromatic heterocycles. The maximum atomic E-state index is 6.23. The molecule has 1 atom stereocenters. The first-order valence-corrected chi connectivity index (χ1v) is 7.09. The number of hydrogen-bond donors (Lipinski definition) is 0. The number of nitrogens with zero attached hydrogens (tertiary/aromatic N) is 4. The van der Waals surface area contributed by atoms with Crippen molar-refractivity contribution in [3.05, 3.63) is 24.2 Å². The van der Waals surface area contributed by atoms with Crippen molar-refractivity contribution in [1.82, 2.24) is 19.4 Å². The Kier molecular flexibility index (Phi) is 4.42. The van der Waals surface area contributed by atoms with E-state index in [9.17, 15) is 0 Å². The SMILES string of the molecule is CC(Cl)c1nc2cccnc2n1CCN(C)C(C)C. The molecule has 0 aliphatic heterocycles. The summed E-state index contributed by atoms with van der Waals surface area (Å²) in [6, 6.07) is 4.41. The maximum Gasteiger partial charge on any atom is 0.160 e. The highest BCUT2D eigenvalue weighted by molar-refractivity contribution is 6.20. The van der Waals surface area contributed by atoms with Crippen LogP contribution in [0.1, 0.15) is 32.0 Å². The minimum absolute atomic E-state index is 0.112. The number of hydrogen-bond acceptors (Lipinski definition) is 3. The first-order valence-electron chi connectivity index (χ1n) is 6.66. The fourth-order valence-corrected chi connectivity index (χ4v) is 2.18. The number of imidazole rings is 1. The summed E-state index contributed by atoms with van der Waals surface area (Å²) in [5, 5.41) is -0.112. The van der Waals surface area contributed by atoms with Gasteiger partial charge in [0.15, 0.2) is 5.65 Å². The van der Waals surface area contributed by atoms with E-state index in [-0.39, 0.29) is 5.38 Å². The largest absolute Gasteiger partial charge is 0.310 e. The zero-order chi connectivity index (χ0) is 14.0. The predicted molar refractivity (Wildman–Crippen MR) is 79.6 cm³/mol. The van der Waals surface area contributed by atoms with E-state index in [1.165, 1.54) is 0 Å². The van der Waals surface area contributed by atoms with Crippen LogP contribution in [0.4, 0.5) is 0 Å². The van der Waals surface area contributed by atoms with Crippen LogP contribution < -0.4 is 0 Å². The summed E-state index contributed by atoms with van der Waals surface area (Å²) in [5.74, 6) is 0.896. The molecule has 2 heterocycles. The van der Waals surface area contributed by atoms with Gasteiger partial charge in [-0.3, -0.25) is 0 Å². The molecule has 0 saturated carbocycles. The lowest BCUT2D eigenvalue weighted by molar-refractivity contribution is 0.263. The molecule has 0 amide bonds. The first kappa shape index (κ1) is 14.3. The van der Waals surface area contributed by atoms with Crippen molar-refractivity contribution in [3.8, 4) is 0 Å². The molecule has 104 valence electrons. The van der Waals surface area contributed by atoms with E-state index < -0.39 is 0 Å². The molecule has 5 heteroatoms. The Labute approximate surface area is 119 Å².